The molecule has 0 spiro atoms. The monoisotopic (exact) mass is 1030 g/mol. The Hall–Kier alpha value is -1.97. The summed E-state index contributed by atoms with van der Waals surface area (Å²) in [6.45, 7) is 21.2. The molecule has 0 bridgehead atoms. The Morgan fingerprint density at radius 2 is 0.658 bits per heavy atom. The lowest BCUT2D eigenvalue weighted by atomic mass is 10.00. The van der Waals surface area contributed by atoms with Crippen LogP contribution in [0.2, 0.25) is 0 Å². The number of rotatable bonds is 55. The second-order valence-electron chi connectivity index (χ2n) is 22.8. The topological polar surface area (TPSA) is 87.6 Å². The smallest absolute Gasteiger partial charge is 0.306 e. The molecule has 0 aromatic heterocycles. The van der Waals surface area contributed by atoms with Crippen molar-refractivity contribution in [1.29, 1.82) is 0 Å². The molecule has 73 heavy (non-hydrogen) atoms. The second-order valence-corrected chi connectivity index (χ2v) is 22.8. The Labute approximate surface area is 454 Å². The number of nitrogens with zero attached hydrogens (tertiary/aromatic N) is 5. The third-order valence-corrected chi connectivity index (χ3v) is 16.0. The van der Waals surface area contributed by atoms with E-state index in [-0.39, 0.29) is 11.8 Å². The largest absolute Gasteiger partial charge is 0.481 e. The molecule has 1 atom stereocenters. The molecule has 0 radical (unpaired) electrons. The van der Waals surface area contributed by atoms with Crippen LogP contribution in [0, 0.1) is 5.92 Å². The zero-order valence-electron chi connectivity index (χ0n) is 49.6. The van der Waals surface area contributed by atoms with Crippen LogP contribution in [0.25, 0.3) is 0 Å². The minimum absolute atomic E-state index is 0.118. The summed E-state index contributed by atoms with van der Waals surface area (Å²) in [5, 5.41) is 10.2. The molecule has 1 rings (SSSR count). The van der Waals surface area contributed by atoms with Gasteiger partial charge in [-0.25, -0.2) is 0 Å². The number of unbranched alkanes of at least 4 members (excludes halogenated alkanes) is 33. The molecule has 1 heterocycles. The first-order chi connectivity index (χ1) is 35.8. The van der Waals surface area contributed by atoms with Gasteiger partial charge in [-0.15, -0.1) is 0 Å². The van der Waals surface area contributed by atoms with Crippen LogP contribution >= 0.6 is 0 Å². The summed E-state index contributed by atoms with van der Waals surface area (Å²) < 4.78 is 0. The lowest BCUT2D eigenvalue weighted by Gasteiger charge is -2.37. The normalized spacial score (nSPS) is 13.7. The third kappa shape index (κ3) is 41.8. The number of hydrogen-bond donors (Lipinski definition) is 1. The average Bonchev–Trinajstić information content (AvgIpc) is 3.39. The van der Waals surface area contributed by atoms with Gasteiger partial charge < -0.3 is 19.8 Å². The molecule has 430 valence electrons. The summed E-state index contributed by atoms with van der Waals surface area (Å²) in [6.07, 6.45) is 54.3. The average molecular weight is 1030 g/mol. The molecule has 1 unspecified atom stereocenters. The number of allylic oxidation sites excluding steroid dienone is 2. The summed E-state index contributed by atoms with van der Waals surface area (Å²) in [4.78, 5) is 51.9. The van der Waals surface area contributed by atoms with Gasteiger partial charge in [-0.05, 0) is 84.1 Å². The summed E-state index contributed by atoms with van der Waals surface area (Å²) in [5.74, 6) is -0.848. The summed E-state index contributed by atoms with van der Waals surface area (Å²) >= 11 is 0. The highest BCUT2D eigenvalue weighted by molar-refractivity contribution is 5.80. The van der Waals surface area contributed by atoms with E-state index in [1.54, 1.807) is 0 Å². The zero-order valence-corrected chi connectivity index (χ0v) is 49.6. The van der Waals surface area contributed by atoms with Crippen molar-refractivity contribution in [2.24, 2.45) is 5.92 Å². The van der Waals surface area contributed by atoms with Crippen molar-refractivity contribution in [2.45, 2.75) is 291 Å². The van der Waals surface area contributed by atoms with Crippen LogP contribution in [0.4, 0.5) is 0 Å². The van der Waals surface area contributed by atoms with Gasteiger partial charge in [-0.1, -0.05) is 252 Å². The first-order valence-electron chi connectivity index (χ1n) is 32.4. The van der Waals surface area contributed by atoms with Gasteiger partial charge in [0.15, 0.2) is 0 Å². The first-order valence-corrected chi connectivity index (χ1v) is 32.4. The van der Waals surface area contributed by atoms with E-state index < -0.39 is 11.9 Å². The van der Waals surface area contributed by atoms with Crippen LogP contribution in [0.3, 0.4) is 0 Å². The van der Waals surface area contributed by atoms with Gasteiger partial charge in [-0.2, -0.15) is 0 Å². The van der Waals surface area contributed by atoms with E-state index in [2.05, 4.69) is 61.5 Å². The van der Waals surface area contributed by atoms with E-state index in [4.69, 9.17) is 0 Å². The van der Waals surface area contributed by atoms with E-state index in [0.29, 0.717) is 58.7 Å². The van der Waals surface area contributed by atoms with E-state index in [1.165, 1.54) is 225 Å². The minimum atomic E-state index is -0.738. The van der Waals surface area contributed by atoms with Crippen LogP contribution < -0.4 is 0 Å². The molecule has 9 heteroatoms. The molecule has 1 aliphatic rings. The number of piperazine rings is 1. The van der Waals surface area contributed by atoms with E-state index >= 15 is 0 Å². The molecule has 2 amide bonds. The molecule has 0 aliphatic carbocycles. The van der Waals surface area contributed by atoms with Gasteiger partial charge in [0.2, 0.25) is 11.8 Å². The maximum absolute atomic E-state index is 14.1. The number of carboxylic acid groups (broad SMARTS) is 1. The Bertz CT molecular complexity index is 1240. The number of aliphatic carboxylic acids is 1. The highest BCUT2D eigenvalue weighted by Gasteiger charge is 2.27. The maximum Gasteiger partial charge on any atom is 0.306 e. The zero-order chi connectivity index (χ0) is 53.1. The Morgan fingerprint density at radius 1 is 0.370 bits per heavy atom. The quantitative estimate of drug-likeness (QED) is 0.0480. The lowest BCUT2D eigenvalue weighted by Crippen LogP contribution is -2.54. The van der Waals surface area contributed by atoms with E-state index in [1.807, 2.05) is 9.80 Å². The van der Waals surface area contributed by atoms with Crippen molar-refractivity contribution in [2.75, 3.05) is 85.1 Å². The van der Waals surface area contributed by atoms with Crippen LogP contribution in [-0.2, 0) is 14.4 Å². The lowest BCUT2D eigenvalue weighted by molar-refractivity contribution is -0.142. The second kappa shape index (κ2) is 52.1. The predicted octanol–water partition coefficient (Wildman–Crippen LogP) is 16.5. The van der Waals surface area contributed by atoms with Gasteiger partial charge in [0.1, 0.15) is 0 Å². The Kier molecular flexibility index (Phi) is 49.3. The molecule has 1 fully saturated rings. The molecule has 1 aliphatic heterocycles. The van der Waals surface area contributed by atoms with Gasteiger partial charge in [-0.3, -0.25) is 24.2 Å². The highest BCUT2D eigenvalue weighted by atomic mass is 16.4. The van der Waals surface area contributed by atoms with Crippen molar-refractivity contribution < 1.29 is 19.5 Å². The van der Waals surface area contributed by atoms with E-state index in [9.17, 15) is 19.5 Å². The molecule has 1 N–H and O–H groups in total. The first kappa shape index (κ1) is 69.0. The molecule has 0 saturated carbocycles. The van der Waals surface area contributed by atoms with Crippen LogP contribution in [0.1, 0.15) is 291 Å². The van der Waals surface area contributed by atoms with Gasteiger partial charge in [0, 0.05) is 39.3 Å². The SMILES string of the molecule is CCCCCCC=CCC(CCN(CCCCCCCCCCCCCC)CC(=O)N1CCN(C(=O)CN(CCCCCCCCC)CCN(CCCCCCCCC)CCCCCCCCC)CC1)C(=O)O. The standard InChI is InChI=1S/C64H125N5O4/c1-6-11-16-21-26-27-28-29-30-35-40-44-50-66(52-47-61(64(72)73)46-41-36-31-22-17-12-7-2)59-62(70)68-55-57-69(58-56-68)63(71)60-67(51-45-39-34-25-20-15-10-5)54-53-65(48-42-37-32-23-18-13-8-3)49-43-38-33-24-19-14-9-4/h36,41,61H,6-35,37-40,42-60H2,1-5H3,(H,72,73). The maximum atomic E-state index is 14.1. The fourth-order valence-corrected chi connectivity index (χ4v) is 10.7. The van der Waals surface area contributed by atoms with Crippen molar-refractivity contribution in [3.63, 3.8) is 0 Å². The molecular formula is C64H125N5O4. The van der Waals surface area contributed by atoms with Crippen LogP contribution in [0.5, 0.6) is 0 Å². The van der Waals surface area contributed by atoms with Crippen molar-refractivity contribution in [3.8, 4) is 0 Å². The van der Waals surface area contributed by atoms with Crippen LogP contribution in [-0.4, -0.2) is 132 Å². The molecule has 0 aromatic carbocycles. The number of hydrogen-bond acceptors (Lipinski definition) is 6. The highest BCUT2D eigenvalue weighted by Crippen LogP contribution is 2.17. The Balaban J connectivity index is 2.89. The van der Waals surface area contributed by atoms with Crippen molar-refractivity contribution in [1.82, 2.24) is 24.5 Å². The van der Waals surface area contributed by atoms with Gasteiger partial charge in [0.05, 0.1) is 19.0 Å². The predicted molar refractivity (Wildman–Crippen MR) is 316 cm³/mol. The minimum Gasteiger partial charge on any atom is -0.481 e. The number of carbonyl (C=O) groups is 3. The Morgan fingerprint density at radius 3 is 1.00 bits per heavy atom. The van der Waals surface area contributed by atoms with Gasteiger partial charge in [0.25, 0.3) is 0 Å². The van der Waals surface area contributed by atoms with Crippen molar-refractivity contribution in [3.05, 3.63) is 12.2 Å². The fourth-order valence-electron chi connectivity index (χ4n) is 10.7. The number of carbonyl (C=O) groups excluding carboxylic acids is 2. The summed E-state index contributed by atoms with van der Waals surface area (Å²) in [7, 11) is 0. The summed E-state index contributed by atoms with van der Waals surface area (Å²) in [6, 6.07) is 0. The van der Waals surface area contributed by atoms with Gasteiger partial charge >= 0.3 is 5.97 Å². The van der Waals surface area contributed by atoms with Crippen molar-refractivity contribution >= 4 is 17.8 Å². The molecule has 1 saturated heterocycles. The number of amides is 2. The van der Waals surface area contributed by atoms with Crippen LogP contribution in [0.15, 0.2) is 12.2 Å². The third-order valence-electron chi connectivity index (χ3n) is 16.0. The molecule has 0 aromatic rings. The number of carboxylic acids is 1. The fraction of sp³-hybridized carbons (Fsp3) is 0.922. The molecule has 9 nitrogen and oxygen atoms in total. The van der Waals surface area contributed by atoms with E-state index in [0.717, 1.165) is 58.3 Å². The summed E-state index contributed by atoms with van der Waals surface area (Å²) in [5.41, 5.74) is 0. The molecular weight excluding hydrogens is 903 g/mol.